The van der Waals surface area contributed by atoms with Crippen molar-refractivity contribution in [2.75, 3.05) is 18.8 Å². The first-order valence-corrected chi connectivity index (χ1v) is 8.65. The molecule has 0 aromatic heterocycles. The number of rotatable bonds is 2. The highest BCUT2D eigenvalue weighted by Crippen LogP contribution is 2.22. The highest BCUT2D eigenvalue weighted by Gasteiger charge is 2.35. The molecule has 1 aromatic carbocycles. The van der Waals surface area contributed by atoms with Gasteiger partial charge < -0.3 is 15.4 Å². The van der Waals surface area contributed by atoms with Gasteiger partial charge in [-0.25, -0.2) is 4.79 Å². The van der Waals surface area contributed by atoms with Crippen molar-refractivity contribution in [3.05, 3.63) is 29.3 Å². The van der Waals surface area contributed by atoms with Crippen LogP contribution in [-0.2, 0) is 11.3 Å². The van der Waals surface area contributed by atoms with E-state index in [-0.39, 0.29) is 18.2 Å². The molecule has 5 heteroatoms. The number of amides is 1. The van der Waals surface area contributed by atoms with Crippen LogP contribution in [0, 0.1) is 6.92 Å². The van der Waals surface area contributed by atoms with Crippen LogP contribution in [0.1, 0.15) is 45.7 Å². The van der Waals surface area contributed by atoms with Crippen molar-refractivity contribution in [1.82, 2.24) is 9.80 Å². The summed E-state index contributed by atoms with van der Waals surface area (Å²) in [4.78, 5) is 16.7. The lowest BCUT2D eigenvalue weighted by Gasteiger charge is -2.44. The van der Waals surface area contributed by atoms with E-state index in [2.05, 4.69) is 31.7 Å². The number of nitrogen functional groups attached to an aromatic ring is 1. The first-order valence-electron chi connectivity index (χ1n) is 8.65. The predicted molar refractivity (Wildman–Crippen MR) is 97.9 cm³/mol. The van der Waals surface area contributed by atoms with Gasteiger partial charge in [0.2, 0.25) is 0 Å². The number of piperazine rings is 1. The topological polar surface area (TPSA) is 58.8 Å². The first kappa shape index (κ1) is 18.6. The number of benzene rings is 1. The molecule has 1 aliphatic heterocycles. The minimum Gasteiger partial charge on any atom is -0.444 e. The fourth-order valence-corrected chi connectivity index (χ4v) is 3.48. The van der Waals surface area contributed by atoms with Crippen LogP contribution >= 0.6 is 0 Å². The zero-order valence-electron chi connectivity index (χ0n) is 15.8. The summed E-state index contributed by atoms with van der Waals surface area (Å²) in [5, 5.41) is 0. The number of aryl methyl sites for hydroxylation is 1. The molecule has 0 aliphatic carbocycles. The van der Waals surface area contributed by atoms with Gasteiger partial charge in [0, 0.05) is 37.4 Å². The minimum atomic E-state index is -0.466. The van der Waals surface area contributed by atoms with Crippen LogP contribution in [0.2, 0.25) is 0 Å². The maximum Gasteiger partial charge on any atom is 0.410 e. The van der Waals surface area contributed by atoms with Crippen LogP contribution in [0.15, 0.2) is 18.2 Å². The molecule has 24 heavy (non-hydrogen) atoms. The summed E-state index contributed by atoms with van der Waals surface area (Å²) in [5.41, 5.74) is 8.69. The molecule has 0 spiro atoms. The number of carbonyl (C=O) groups excluding carboxylic acids is 1. The molecule has 5 nitrogen and oxygen atoms in total. The summed E-state index contributed by atoms with van der Waals surface area (Å²) < 4.78 is 5.55. The Balaban J connectivity index is 2.03. The number of anilines is 1. The van der Waals surface area contributed by atoms with E-state index in [1.165, 1.54) is 11.1 Å². The number of nitrogens with two attached hydrogens (primary N) is 1. The van der Waals surface area contributed by atoms with Gasteiger partial charge in [-0.2, -0.15) is 0 Å². The van der Waals surface area contributed by atoms with E-state index in [1.807, 2.05) is 37.8 Å². The van der Waals surface area contributed by atoms with Crippen molar-refractivity contribution in [3.63, 3.8) is 0 Å². The molecule has 134 valence electrons. The highest BCUT2D eigenvalue weighted by atomic mass is 16.6. The van der Waals surface area contributed by atoms with Crippen LogP contribution in [0.4, 0.5) is 10.5 Å². The van der Waals surface area contributed by atoms with E-state index in [9.17, 15) is 4.79 Å². The van der Waals surface area contributed by atoms with Gasteiger partial charge in [0.05, 0.1) is 0 Å². The lowest BCUT2D eigenvalue weighted by Crippen LogP contribution is -2.59. The van der Waals surface area contributed by atoms with Crippen molar-refractivity contribution in [2.45, 2.75) is 65.8 Å². The number of nitrogens with zero attached hydrogens (tertiary/aromatic N) is 2. The lowest BCUT2D eigenvalue weighted by molar-refractivity contribution is -0.0162. The smallest absolute Gasteiger partial charge is 0.410 e. The summed E-state index contributed by atoms with van der Waals surface area (Å²) >= 11 is 0. The lowest BCUT2D eigenvalue weighted by atomic mass is 10.1. The zero-order chi connectivity index (χ0) is 18.1. The van der Waals surface area contributed by atoms with Crippen LogP contribution < -0.4 is 5.73 Å². The SMILES string of the molecule is Cc1cc(N)cc(CN2C[C@@H](C)N(C(=O)OC(C)(C)C)[C@@H](C)C2)c1. The second-order valence-electron chi connectivity index (χ2n) is 8.03. The van der Waals surface area contributed by atoms with Crippen molar-refractivity contribution in [3.8, 4) is 0 Å². The van der Waals surface area contributed by atoms with Crippen molar-refractivity contribution in [2.24, 2.45) is 0 Å². The van der Waals surface area contributed by atoms with E-state index in [0.29, 0.717) is 0 Å². The van der Waals surface area contributed by atoms with E-state index in [1.54, 1.807) is 0 Å². The first-order chi connectivity index (χ1) is 11.0. The van der Waals surface area contributed by atoms with Gasteiger partial charge in [-0.1, -0.05) is 6.07 Å². The Morgan fingerprint density at radius 3 is 2.29 bits per heavy atom. The van der Waals surface area contributed by atoms with Gasteiger partial charge in [-0.3, -0.25) is 4.90 Å². The molecule has 1 heterocycles. The van der Waals surface area contributed by atoms with E-state index >= 15 is 0 Å². The Kier molecular flexibility index (Phi) is 5.43. The summed E-state index contributed by atoms with van der Waals surface area (Å²) in [6, 6.07) is 6.42. The van der Waals surface area contributed by atoms with Gasteiger partial charge in [0.1, 0.15) is 5.60 Å². The summed E-state index contributed by atoms with van der Waals surface area (Å²) in [7, 11) is 0. The average molecular weight is 333 g/mol. The van der Waals surface area contributed by atoms with E-state index in [0.717, 1.165) is 25.3 Å². The van der Waals surface area contributed by atoms with Gasteiger partial charge in [-0.05, 0) is 64.8 Å². The quantitative estimate of drug-likeness (QED) is 0.843. The molecule has 1 amide bonds. The Labute approximate surface area is 145 Å². The van der Waals surface area contributed by atoms with Gasteiger partial charge in [0.25, 0.3) is 0 Å². The number of hydrogen-bond donors (Lipinski definition) is 1. The molecule has 1 saturated heterocycles. The maximum absolute atomic E-state index is 12.5. The third kappa shape index (κ3) is 4.87. The Morgan fingerprint density at radius 2 is 1.79 bits per heavy atom. The Hall–Kier alpha value is -1.75. The zero-order valence-corrected chi connectivity index (χ0v) is 15.8. The molecule has 0 radical (unpaired) electrons. The molecule has 2 atom stereocenters. The van der Waals surface area contributed by atoms with Crippen LogP contribution in [0.5, 0.6) is 0 Å². The second kappa shape index (κ2) is 7.01. The van der Waals surface area contributed by atoms with Gasteiger partial charge >= 0.3 is 6.09 Å². The molecular weight excluding hydrogens is 302 g/mol. The monoisotopic (exact) mass is 333 g/mol. The molecule has 2 N–H and O–H groups in total. The third-order valence-corrected chi connectivity index (χ3v) is 4.16. The highest BCUT2D eigenvalue weighted by molar-refractivity contribution is 5.69. The van der Waals surface area contributed by atoms with Crippen LogP contribution in [-0.4, -0.2) is 46.7 Å². The molecule has 1 aromatic rings. The maximum atomic E-state index is 12.5. The molecule has 0 saturated carbocycles. The standard InChI is InChI=1S/C19H31N3O2/c1-13-7-16(9-17(20)8-13)12-21-10-14(2)22(15(3)11-21)18(23)24-19(4,5)6/h7-9,14-15H,10-12,20H2,1-6H3/t14-,15+. The van der Waals surface area contributed by atoms with E-state index in [4.69, 9.17) is 10.5 Å². The summed E-state index contributed by atoms with van der Waals surface area (Å²) in [6.07, 6.45) is -0.220. The molecule has 2 rings (SSSR count). The molecule has 1 aliphatic rings. The largest absolute Gasteiger partial charge is 0.444 e. The van der Waals surface area contributed by atoms with Crippen molar-refractivity contribution < 1.29 is 9.53 Å². The Bertz CT molecular complexity index is 563. The van der Waals surface area contributed by atoms with Gasteiger partial charge in [0.15, 0.2) is 0 Å². The van der Waals surface area contributed by atoms with Crippen molar-refractivity contribution >= 4 is 11.8 Å². The second-order valence-corrected chi connectivity index (χ2v) is 8.03. The fraction of sp³-hybridized carbons (Fsp3) is 0.632. The fourth-order valence-electron chi connectivity index (χ4n) is 3.48. The minimum absolute atomic E-state index is 0.116. The van der Waals surface area contributed by atoms with E-state index < -0.39 is 5.60 Å². The number of hydrogen-bond acceptors (Lipinski definition) is 4. The third-order valence-electron chi connectivity index (χ3n) is 4.16. The molecule has 0 unspecified atom stereocenters. The van der Waals surface area contributed by atoms with Crippen LogP contribution in [0.3, 0.4) is 0 Å². The van der Waals surface area contributed by atoms with Crippen molar-refractivity contribution in [1.29, 1.82) is 0 Å². The molecule has 1 fully saturated rings. The summed E-state index contributed by atoms with van der Waals surface area (Å²) in [5.74, 6) is 0. The molecule has 0 bridgehead atoms. The predicted octanol–water partition coefficient (Wildman–Crippen LogP) is 3.41. The van der Waals surface area contributed by atoms with Crippen LogP contribution in [0.25, 0.3) is 0 Å². The Morgan fingerprint density at radius 1 is 1.21 bits per heavy atom. The van der Waals surface area contributed by atoms with Gasteiger partial charge in [-0.15, -0.1) is 0 Å². The number of carbonyl (C=O) groups is 1. The normalized spacial score (nSPS) is 22.5. The molecular formula is C19H31N3O2. The number of ether oxygens (including phenoxy) is 1. The summed E-state index contributed by atoms with van der Waals surface area (Å²) in [6.45, 7) is 14.4. The average Bonchev–Trinajstić information content (AvgIpc) is 2.33.